The molecule has 10 nitrogen and oxygen atoms in total. The highest BCUT2D eigenvalue weighted by Crippen LogP contribution is 2.31. The Kier molecular flexibility index (Phi) is 7.55. The standard InChI is InChI=1S/C26H30ClN7O3/c1-25(2,3)37-24(36)33-26(23(35)32-20(8-12-28)17-4-6-18(27)7-5-17)10-14-34(15-11-26)22-19-9-13-29-21(19)30-16-31-22/h4-7,9,13,16,20H,8,10-11,14-15H2,1-3H3,(H,32,35)(H,33,36)(H,29,30,31). The number of H-pyrrole nitrogens is 1. The van der Waals surface area contributed by atoms with E-state index in [1.54, 1.807) is 51.2 Å². The lowest BCUT2D eigenvalue weighted by Crippen LogP contribution is -2.64. The quantitative estimate of drug-likeness (QED) is 0.439. The number of nitrogens with one attached hydrogen (secondary N) is 3. The van der Waals surface area contributed by atoms with E-state index in [0.717, 1.165) is 22.4 Å². The molecule has 0 spiro atoms. The number of hydrogen-bond donors (Lipinski definition) is 3. The van der Waals surface area contributed by atoms with E-state index in [9.17, 15) is 14.9 Å². The van der Waals surface area contributed by atoms with Gasteiger partial charge in [-0.15, -0.1) is 0 Å². The molecule has 1 aliphatic rings. The number of amides is 2. The van der Waals surface area contributed by atoms with Gasteiger partial charge in [-0.3, -0.25) is 4.79 Å². The molecule has 1 fully saturated rings. The van der Waals surface area contributed by atoms with Crippen molar-refractivity contribution in [2.45, 2.75) is 57.2 Å². The maximum Gasteiger partial charge on any atom is 0.408 e. The van der Waals surface area contributed by atoms with Gasteiger partial charge in [-0.05, 0) is 57.4 Å². The van der Waals surface area contributed by atoms with E-state index in [-0.39, 0.29) is 12.3 Å². The molecule has 1 aliphatic heterocycles. The fraction of sp³-hybridized carbons (Fsp3) is 0.423. The van der Waals surface area contributed by atoms with Gasteiger partial charge in [0.15, 0.2) is 0 Å². The number of nitrogens with zero attached hydrogens (tertiary/aromatic N) is 4. The first-order valence-electron chi connectivity index (χ1n) is 12.1. The predicted octanol–water partition coefficient (Wildman–Crippen LogP) is 4.25. The summed E-state index contributed by atoms with van der Waals surface area (Å²) in [6.07, 6.45) is 3.33. The van der Waals surface area contributed by atoms with Crippen molar-refractivity contribution in [3.63, 3.8) is 0 Å². The van der Waals surface area contributed by atoms with Crippen LogP contribution in [0.25, 0.3) is 11.0 Å². The molecule has 0 radical (unpaired) electrons. The van der Waals surface area contributed by atoms with Crippen molar-refractivity contribution in [3.05, 3.63) is 53.4 Å². The van der Waals surface area contributed by atoms with Gasteiger partial charge < -0.3 is 25.3 Å². The Hall–Kier alpha value is -3.84. The van der Waals surface area contributed by atoms with Crippen LogP contribution in [0.3, 0.4) is 0 Å². The zero-order valence-electron chi connectivity index (χ0n) is 21.0. The van der Waals surface area contributed by atoms with E-state index < -0.39 is 23.3 Å². The smallest absolute Gasteiger partial charge is 0.408 e. The Labute approximate surface area is 220 Å². The van der Waals surface area contributed by atoms with Crippen molar-refractivity contribution in [1.82, 2.24) is 25.6 Å². The third-order valence-electron chi connectivity index (χ3n) is 6.30. The molecule has 1 unspecified atom stereocenters. The van der Waals surface area contributed by atoms with Gasteiger partial charge in [-0.2, -0.15) is 5.26 Å². The lowest BCUT2D eigenvalue weighted by molar-refractivity contribution is -0.129. The number of carbonyl (C=O) groups is 2. The molecule has 3 heterocycles. The summed E-state index contributed by atoms with van der Waals surface area (Å²) < 4.78 is 5.49. The van der Waals surface area contributed by atoms with E-state index in [4.69, 9.17) is 16.3 Å². The van der Waals surface area contributed by atoms with Crippen LogP contribution in [0.5, 0.6) is 0 Å². The molecule has 1 saturated heterocycles. The summed E-state index contributed by atoms with van der Waals surface area (Å²) in [4.78, 5) is 40.5. The van der Waals surface area contributed by atoms with Crippen LogP contribution >= 0.6 is 11.6 Å². The van der Waals surface area contributed by atoms with Crippen molar-refractivity contribution >= 4 is 40.5 Å². The predicted molar refractivity (Wildman–Crippen MR) is 140 cm³/mol. The van der Waals surface area contributed by atoms with Crippen molar-refractivity contribution in [3.8, 4) is 6.07 Å². The van der Waals surface area contributed by atoms with Crippen molar-refractivity contribution in [1.29, 1.82) is 5.26 Å². The number of fused-ring (bicyclic) bond motifs is 1. The molecule has 2 amide bonds. The van der Waals surface area contributed by atoms with Gasteiger partial charge in [-0.25, -0.2) is 14.8 Å². The first-order chi connectivity index (χ1) is 17.6. The Morgan fingerprint density at radius 1 is 1.22 bits per heavy atom. The molecule has 0 saturated carbocycles. The zero-order valence-corrected chi connectivity index (χ0v) is 21.8. The fourth-order valence-electron chi connectivity index (χ4n) is 4.45. The molecule has 11 heteroatoms. The van der Waals surface area contributed by atoms with Gasteiger partial charge in [0.05, 0.1) is 23.9 Å². The normalized spacial score (nSPS) is 16.0. The van der Waals surface area contributed by atoms with E-state index in [1.807, 2.05) is 6.07 Å². The van der Waals surface area contributed by atoms with Crippen LogP contribution in [-0.2, 0) is 9.53 Å². The molecular formula is C26H30ClN7O3. The molecule has 37 heavy (non-hydrogen) atoms. The molecule has 1 atom stereocenters. The van der Waals surface area contributed by atoms with Gasteiger partial charge in [0.2, 0.25) is 5.91 Å². The molecular weight excluding hydrogens is 494 g/mol. The van der Waals surface area contributed by atoms with Crippen LogP contribution in [-0.4, -0.2) is 51.2 Å². The monoisotopic (exact) mass is 523 g/mol. The second-order valence-electron chi connectivity index (χ2n) is 10.1. The Morgan fingerprint density at radius 2 is 1.92 bits per heavy atom. The minimum Gasteiger partial charge on any atom is -0.444 e. The number of piperidine rings is 1. The number of halogens is 1. The third kappa shape index (κ3) is 6.12. The number of nitriles is 1. The van der Waals surface area contributed by atoms with Crippen molar-refractivity contribution in [2.24, 2.45) is 0 Å². The maximum absolute atomic E-state index is 13.8. The first kappa shape index (κ1) is 26.2. The Bertz CT molecular complexity index is 1300. The van der Waals surface area contributed by atoms with Gasteiger partial charge in [0.25, 0.3) is 0 Å². The number of carbonyl (C=O) groups excluding carboxylic acids is 2. The lowest BCUT2D eigenvalue weighted by atomic mass is 9.85. The molecule has 2 aromatic heterocycles. The molecule has 4 rings (SSSR count). The van der Waals surface area contributed by atoms with Gasteiger partial charge in [-0.1, -0.05) is 23.7 Å². The third-order valence-corrected chi connectivity index (χ3v) is 6.55. The molecule has 194 valence electrons. The van der Waals surface area contributed by atoms with Crippen molar-refractivity contribution < 1.29 is 14.3 Å². The number of alkyl carbamates (subject to hydrolysis) is 1. The highest BCUT2D eigenvalue weighted by Gasteiger charge is 2.45. The van der Waals surface area contributed by atoms with Crippen LogP contribution in [0.4, 0.5) is 10.6 Å². The SMILES string of the molecule is CC(C)(C)OC(=O)NC1(C(=O)NC(CC#N)c2ccc(Cl)cc2)CCN(c2ncnc3[nH]ccc23)CC1. The number of aromatic amines is 1. The average Bonchev–Trinajstić information content (AvgIpc) is 3.33. The summed E-state index contributed by atoms with van der Waals surface area (Å²) in [5.74, 6) is 0.392. The number of hydrogen-bond acceptors (Lipinski definition) is 7. The summed E-state index contributed by atoms with van der Waals surface area (Å²) in [5.41, 5.74) is -0.479. The highest BCUT2D eigenvalue weighted by molar-refractivity contribution is 6.30. The van der Waals surface area contributed by atoms with Crippen LogP contribution < -0.4 is 15.5 Å². The number of ether oxygens (including phenoxy) is 1. The van der Waals surface area contributed by atoms with Gasteiger partial charge in [0.1, 0.15) is 28.9 Å². The molecule has 0 aliphatic carbocycles. The second-order valence-corrected chi connectivity index (χ2v) is 10.5. The van der Waals surface area contributed by atoms with Crippen LogP contribution in [0.15, 0.2) is 42.9 Å². The van der Waals surface area contributed by atoms with Gasteiger partial charge in [0, 0.05) is 24.3 Å². The first-order valence-corrected chi connectivity index (χ1v) is 12.5. The Morgan fingerprint density at radius 3 is 2.57 bits per heavy atom. The minimum atomic E-state index is -1.23. The van der Waals surface area contributed by atoms with E-state index >= 15 is 0 Å². The summed E-state index contributed by atoms with van der Waals surface area (Å²) in [7, 11) is 0. The number of benzene rings is 1. The number of anilines is 1. The van der Waals surface area contributed by atoms with E-state index in [0.29, 0.717) is 31.0 Å². The maximum atomic E-state index is 13.8. The van der Waals surface area contributed by atoms with E-state index in [1.165, 1.54) is 6.33 Å². The summed E-state index contributed by atoms with van der Waals surface area (Å²) in [5, 5.41) is 16.7. The molecule has 0 bridgehead atoms. The van der Waals surface area contributed by atoms with Crippen LogP contribution in [0, 0.1) is 11.3 Å². The molecule has 3 N–H and O–H groups in total. The highest BCUT2D eigenvalue weighted by atomic mass is 35.5. The summed E-state index contributed by atoms with van der Waals surface area (Å²) in [6.45, 7) is 6.22. The number of aromatic nitrogens is 3. The van der Waals surface area contributed by atoms with Gasteiger partial charge >= 0.3 is 6.09 Å². The van der Waals surface area contributed by atoms with Crippen LogP contribution in [0.2, 0.25) is 5.02 Å². The van der Waals surface area contributed by atoms with Crippen LogP contribution in [0.1, 0.15) is 51.6 Å². The molecule has 1 aromatic carbocycles. The molecule has 3 aromatic rings. The second kappa shape index (κ2) is 10.6. The fourth-order valence-corrected chi connectivity index (χ4v) is 4.58. The number of rotatable bonds is 6. The van der Waals surface area contributed by atoms with E-state index in [2.05, 4.69) is 36.6 Å². The topological polar surface area (TPSA) is 136 Å². The zero-order chi connectivity index (χ0) is 26.6. The lowest BCUT2D eigenvalue weighted by Gasteiger charge is -2.42. The summed E-state index contributed by atoms with van der Waals surface area (Å²) >= 11 is 6.02. The largest absolute Gasteiger partial charge is 0.444 e. The minimum absolute atomic E-state index is 0.0639. The van der Waals surface area contributed by atoms with Crippen molar-refractivity contribution in [2.75, 3.05) is 18.0 Å². The Balaban J connectivity index is 1.58. The summed E-state index contributed by atoms with van der Waals surface area (Å²) in [6, 6.07) is 10.5. The average molecular weight is 524 g/mol.